The third kappa shape index (κ3) is 4.43. The quantitative estimate of drug-likeness (QED) is 0.796. The zero-order valence-corrected chi connectivity index (χ0v) is 12.6. The van der Waals surface area contributed by atoms with Crippen LogP contribution in [0.3, 0.4) is 0 Å². The minimum atomic E-state index is 0.437. The molecule has 1 unspecified atom stereocenters. The van der Waals surface area contributed by atoms with Gasteiger partial charge >= 0.3 is 0 Å². The van der Waals surface area contributed by atoms with E-state index in [4.69, 9.17) is 0 Å². The number of likely N-dealkylation sites (N-methyl/N-ethyl adjacent to an activating group) is 2. The molecular formula is C16H28N2. The largest absolute Gasteiger partial charge is 0.309 e. The van der Waals surface area contributed by atoms with Crippen LogP contribution >= 0.6 is 0 Å². The lowest BCUT2D eigenvalue weighted by Gasteiger charge is -2.26. The Morgan fingerprint density at radius 2 is 1.94 bits per heavy atom. The number of nitrogens with one attached hydrogen (secondary N) is 1. The first-order chi connectivity index (χ1) is 8.58. The maximum absolute atomic E-state index is 3.61. The molecule has 0 aliphatic rings. The fraction of sp³-hybridized carbons (Fsp3) is 0.625. The van der Waals surface area contributed by atoms with E-state index >= 15 is 0 Å². The molecule has 0 radical (unpaired) electrons. The second-order valence-electron chi connectivity index (χ2n) is 5.23. The fourth-order valence-corrected chi connectivity index (χ4v) is 2.52. The number of rotatable bonds is 7. The van der Waals surface area contributed by atoms with E-state index in [2.05, 4.69) is 63.2 Å². The van der Waals surface area contributed by atoms with Crippen molar-refractivity contribution in [2.24, 2.45) is 0 Å². The summed E-state index contributed by atoms with van der Waals surface area (Å²) >= 11 is 0. The molecule has 2 nitrogen and oxygen atoms in total. The van der Waals surface area contributed by atoms with Gasteiger partial charge in [-0.3, -0.25) is 0 Å². The molecule has 0 aromatic heterocycles. The highest BCUT2D eigenvalue weighted by Gasteiger charge is 2.14. The Labute approximate surface area is 112 Å². The van der Waals surface area contributed by atoms with Crippen LogP contribution in [-0.4, -0.2) is 31.6 Å². The molecule has 0 bridgehead atoms. The van der Waals surface area contributed by atoms with Crippen LogP contribution in [0.1, 0.15) is 43.0 Å². The molecule has 2 heteroatoms. The second kappa shape index (κ2) is 7.55. The van der Waals surface area contributed by atoms with Crippen LogP contribution in [-0.2, 0) is 0 Å². The number of benzene rings is 1. The summed E-state index contributed by atoms with van der Waals surface area (Å²) in [5.41, 5.74) is 4.17. The van der Waals surface area contributed by atoms with Gasteiger partial charge in [0.15, 0.2) is 0 Å². The van der Waals surface area contributed by atoms with Crippen molar-refractivity contribution in [2.45, 2.75) is 40.2 Å². The van der Waals surface area contributed by atoms with Crippen molar-refractivity contribution in [3.8, 4) is 0 Å². The van der Waals surface area contributed by atoms with E-state index in [9.17, 15) is 0 Å². The van der Waals surface area contributed by atoms with Crippen molar-refractivity contribution in [1.29, 1.82) is 0 Å². The molecule has 0 aliphatic heterocycles. The Balaban J connectivity index is 2.82. The van der Waals surface area contributed by atoms with Crippen LogP contribution in [0.2, 0.25) is 0 Å². The summed E-state index contributed by atoms with van der Waals surface area (Å²) in [5.74, 6) is 0. The summed E-state index contributed by atoms with van der Waals surface area (Å²) < 4.78 is 0. The predicted molar refractivity (Wildman–Crippen MR) is 80.1 cm³/mol. The summed E-state index contributed by atoms with van der Waals surface area (Å²) in [4.78, 5) is 2.41. The molecule has 1 rings (SSSR count). The molecular weight excluding hydrogens is 220 g/mol. The van der Waals surface area contributed by atoms with Gasteiger partial charge in [-0.1, -0.05) is 37.6 Å². The topological polar surface area (TPSA) is 15.3 Å². The molecule has 0 spiro atoms. The molecule has 18 heavy (non-hydrogen) atoms. The van der Waals surface area contributed by atoms with Gasteiger partial charge in [0.1, 0.15) is 0 Å². The van der Waals surface area contributed by atoms with E-state index in [0.29, 0.717) is 6.04 Å². The van der Waals surface area contributed by atoms with Gasteiger partial charge in [0.2, 0.25) is 0 Å². The Morgan fingerprint density at radius 1 is 1.22 bits per heavy atom. The lowest BCUT2D eigenvalue weighted by molar-refractivity contribution is 0.292. The van der Waals surface area contributed by atoms with E-state index in [1.807, 2.05) is 0 Å². The summed E-state index contributed by atoms with van der Waals surface area (Å²) in [5, 5.41) is 3.61. The highest BCUT2D eigenvalue weighted by Crippen LogP contribution is 2.19. The molecule has 0 fully saturated rings. The maximum atomic E-state index is 3.61. The van der Waals surface area contributed by atoms with E-state index in [0.717, 1.165) is 19.6 Å². The monoisotopic (exact) mass is 248 g/mol. The number of nitrogens with zero attached hydrogens (tertiary/aromatic N) is 1. The maximum Gasteiger partial charge on any atom is 0.0451 e. The van der Waals surface area contributed by atoms with E-state index < -0.39 is 0 Å². The van der Waals surface area contributed by atoms with Gasteiger partial charge in [0.05, 0.1) is 0 Å². The zero-order valence-electron chi connectivity index (χ0n) is 12.6. The summed E-state index contributed by atoms with van der Waals surface area (Å²) in [7, 11) is 2.21. The molecule has 1 N–H and O–H groups in total. The van der Waals surface area contributed by atoms with Gasteiger partial charge in [-0.2, -0.15) is 0 Å². The molecule has 0 amide bonds. The second-order valence-corrected chi connectivity index (χ2v) is 5.23. The summed E-state index contributed by atoms with van der Waals surface area (Å²) in [6.45, 7) is 12.0. The van der Waals surface area contributed by atoms with E-state index in [-0.39, 0.29) is 0 Å². The normalized spacial score (nSPS) is 13.0. The van der Waals surface area contributed by atoms with E-state index in [1.165, 1.54) is 23.1 Å². The van der Waals surface area contributed by atoms with Crippen molar-refractivity contribution in [3.05, 3.63) is 34.9 Å². The molecule has 0 saturated heterocycles. The average Bonchev–Trinajstić information content (AvgIpc) is 2.29. The lowest BCUT2D eigenvalue weighted by Crippen LogP contribution is -2.33. The minimum absolute atomic E-state index is 0.437. The Morgan fingerprint density at radius 3 is 2.50 bits per heavy atom. The Kier molecular flexibility index (Phi) is 6.37. The van der Waals surface area contributed by atoms with Gasteiger partial charge < -0.3 is 10.2 Å². The first kappa shape index (κ1) is 15.2. The van der Waals surface area contributed by atoms with Gasteiger partial charge in [-0.25, -0.2) is 0 Å². The molecule has 0 aliphatic carbocycles. The zero-order chi connectivity index (χ0) is 13.5. The molecule has 102 valence electrons. The van der Waals surface area contributed by atoms with Crippen LogP contribution in [0.5, 0.6) is 0 Å². The highest BCUT2D eigenvalue weighted by molar-refractivity contribution is 5.33. The molecule has 1 aromatic carbocycles. The summed E-state index contributed by atoms with van der Waals surface area (Å²) in [6, 6.07) is 7.20. The number of aryl methyl sites for hydroxylation is 2. The molecule has 1 atom stereocenters. The van der Waals surface area contributed by atoms with Crippen molar-refractivity contribution in [3.63, 3.8) is 0 Å². The van der Waals surface area contributed by atoms with Crippen molar-refractivity contribution in [1.82, 2.24) is 10.2 Å². The van der Waals surface area contributed by atoms with Gasteiger partial charge in [0, 0.05) is 12.6 Å². The standard InChI is InChI=1S/C16H28N2/c1-6-10-18(5)12-16(17-7-2)15-9-8-13(3)11-14(15)4/h8-9,11,16-17H,6-7,10,12H2,1-5H3. The van der Waals surface area contributed by atoms with Crippen LogP contribution in [0.15, 0.2) is 18.2 Å². The first-order valence-corrected chi connectivity index (χ1v) is 7.07. The first-order valence-electron chi connectivity index (χ1n) is 7.07. The van der Waals surface area contributed by atoms with Crippen LogP contribution in [0.4, 0.5) is 0 Å². The molecule has 0 heterocycles. The average molecular weight is 248 g/mol. The van der Waals surface area contributed by atoms with Crippen molar-refractivity contribution >= 4 is 0 Å². The molecule has 1 aromatic rings. The smallest absolute Gasteiger partial charge is 0.0451 e. The lowest BCUT2D eigenvalue weighted by atomic mass is 9.98. The Hall–Kier alpha value is -0.860. The molecule has 0 saturated carbocycles. The highest BCUT2D eigenvalue weighted by atomic mass is 15.1. The van der Waals surface area contributed by atoms with Crippen molar-refractivity contribution in [2.75, 3.05) is 26.7 Å². The van der Waals surface area contributed by atoms with Gasteiger partial charge in [0.25, 0.3) is 0 Å². The van der Waals surface area contributed by atoms with Gasteiger partial charge in [-0.05, 0) is 51.5 Å². The number of hydrogen-bond donors (Lipinski definition) is 1. The SMILES string of the molecule is CCCN(C)CC(NCC)c1ccc(C)cc1C. The third-order valence-electron chi connectivity index (χ3n) is 3.35. The summed E-state index contributed by atoms with van der Waals surface area (Å²) in [6.07, 6.45) is 1.21. The van der Waals surface area contributed by atoms with Crippen LogP contribution in [0.25, 0.3) is 0 Å². The fourth-order valence-electron chi connectivity index (χ4n) is 2.52. The Bertz CT molecular complexity index is 360. The predicted octanol–water partition coefficient (Wildman–Crippen LogP) is 3.30. The van der Waals surface area contributed by atoms with E-state index in [1.54, 1.807) is 0 Å². The van der Waals surface area contributed by atoms with Crippen LogP contribution < -0.4 is 5.32 Å². The minimum Gasteiger partial charge on any atom is -0.309 e. The van der Waals surface area contributed by atoms with Crippen molar-refractivity contribution < 1.29 is 0 Å². The third-order valence-corrected chi connectivity index (χ3v) is 3.35. The number of hydrogen-bond acceptors (Lipinski definition) is 2. The van der Waals surface area contributed by atoms with Gasteiger partial charge in [-0.15, -0.1) is 0 Å². The van der Waals surface area contributed by atoms with Crippen LogP contribution in [0, 0.1) is 13.8 Å².